The average Bonchev–Trinajstić information content (AvgIpc) is 1.66. The summed E-state index contributed by atoms with van der Waals surface area (Å²) in [5.41, 5.74) is 1.06. The van der Waals surface area contributed by atoms with E-state index in [2.05, 4.69) is 6.92 Å². The van der Waals surface area contributed by atoms with E-state index in [1.165, 1.54) is 0 Å². The second-order valence-electron chi connectivity index (χ2n) is 1.50. The number of allylic oxidation sites excluding steroid dienone is 2. The van der Waals surface area contributed by atoms with Crippen molar-refractivity contribution in [2.75, 3.05) is 6.16 Å². The molecule has 1 unspecified atom stereocenters. The normalized spacial score (nSPS) is 12.3. The molecule has 0 aromatic heterocycles. The van der Waals surface area contributed by atoms with Gasteiger partial charge in [-0.05, 0) is 8.27 Å². The standard InChI is InChI=1S/C5H9OP2.Y/c1-5(2)3-4-7-8-6;/h3,7H,1,4H2,2H3;/q-1;/b5-3-;. The van der Waals surface area contributed by atoms with Crippen molar-refractivity contribution in [3.8, 4) is 0 Å². The third-order valence-electron chi connectivity index (χ3n) is 0.606. The van der Waals surface area contributed by atoms with Gasteiger partial charge in [0.1, 0.15) is 0 Å². The maximum Gasteiger partial charge on any atom is 0.176 e. The van der Waals surface area contributed by atoms with Crippen LogP contribution in [-0.2, 0) is 37.3 Å². The fourth-order valence-electron chi connectivity index (χ4n) is 0.257. The molecule has 1 nitrogen and oxygen atoms in total. The Hall–Kier alpha value is 1.24. The van der Waals surface area contributed by atoms with Crippen molar-refractivity contribution in [1.82, 2.24) is 0 Å². The summed E-state index contributed by atoms with van der Waals surface area (Å²) in [7, 11) is 0.764. The second kappa shape index (κ2) is 9.24. The quantitative estimate of drug-likeness (QED) is 0.418. The molecule has 0 saturated carbocycles. The fourth-order valence-corrected chi connectivity index (χ4v) is 1.27. The maximum atomic E-state index is 9.85. The monoisotopic (exact) mass is 236 g/mol. The molecule has 4 heteroatoms. The second-order valence-corrected chi connectivity index (χ2v) is 3.91. The van der Waals surface area contributed by atoms with Crippen LogP contribution in [0.2, 0.25) is 0 Å². The molecule has 0 rings (SSSR count). The molecule has 1 atom stereocenters. The number of hydrogen-bond donors (Lipinski definition) is 0. The van der Waals surface area contributed by atoms with Crippen LogP contribution in [0.4, 0.5) is 0 Å². The topological polar surface area (TPSA) is 17.1 Å². The van der Waals surface area contributed by atoms with E-state index in [0.29, 0.717) is 8.27 Å². The molecule has 0 aromatic rings. The SMILES string of the molecule is [CH2-]/C(C)=C/CPP=O.[Y]. The van der Waals surface area contributed by atoms with E-state index >= 15 is 0 Å². The van der Waals surface area contributed by atoms with Gasteiger partial charge in [-0.3, -0.25) is 4.57 Å². The molecular weight excluding hydrogens is 227 g/mol. The Morgan fingerprint density at radius 1 is 1.89 bits per heavy atom. The summed E-state index contributed by atoms with van der Waals surface area (Å²) in [6, 6.07) is 0. The summed E-state index contributed by atoms with van der Waals surface area (Å²) >= 11 is 0. The van der Waals surface area contributed by atoms with Crippen LogP contribution in [0, 0.1) is 6.92 Å². The van der Waals surface area contributed by atoms with Crippen LogP contribution in [0.5, 0.6) is 0 Å². The minimum absolute atomic E-state index is 0. The first kappa shape index (κ1) is 12.9. The van der Waals surface area contributed by atoms with Crippen molar-refractivity contribution in [1.29, 1.82) is 0 Å². The summed E-state index contributed by atoms with van der Waals surface area (Å²) in [5.74, 6) is 0. The van der Waals surface area contributed by atoms with Crippen molar-refractivity contribution >= 4 is 16.4 Å². The van der Waals surface area contributed by atoms with Crippen LogP contribution < -0.4 is 0 Å². The van der Waals surface area contributed by atoms with Crippen LogP contribution in [0.15, 0.2) is 11.6 Å². The van der Waals surface area contributed by atoms with Crippen molar-refractivity contribution in [2.24, 2.45) is 0 Å². The molecule has 0 fully saturated rings. The Balaban J connectivity index is 0. The Labute approximate surface area is 84.8 Å². The molecule has 1 radical (unpaired) electrons. The molecule has 0 bridgehead atoms. The zero-order valence-electron chi connectivity index (χ0n) is 5.42. The molecule has 0 amide bonds. The van der Waals surface area contributed by atoms with E-state index in [0.717, 1.165) is 11.7 Å². The Kier molecular flexibility index (Phi) is 13.2. The van der Waals surface area contributed by atoms with Gasteiger partial charge >= 0.3 is 0 Å². The fraction of sp³-hybridized carbons (Fsp3) is 0.400. The molecule has 0 aliphatic carbocycles. The summed E-state index contributed by atoms with van der Waals surface area (Å²) in [4.78, 5) is 0. The molecule has 49 valence electrons. The zero-order chi connectivity index (χ0) is 6.41. The van der Waals surface area contributed by atoms with Crippen LogP contribution in [0.3, 0.4) is 0 Å². The smallest absolute Gasteiger partial charge is 0.176 e. The third-order valence-corrected chi connectivity index (χ3v) is 2.06. The van der Waals surface area contributed by atoms with Crippen molar-refractivity contribution in [3.05, 3.63) is 18.6 Å². The molecule has 0 spiro atoms. The van der Waals surface area contributed by atoms with Gasteiger partial charge in [0, 0.05) is 32.7 Å². The van der Waals surface area contributed by atoms with Gasteiger partial charge in [0.05, 0.1) is 0 Å². The molecule has 0 saturated heterocycles. The van der Waals surface area contributed by atoms with Gasteiger partial charge in [-0.25, -0.2) is 18.6 Å². The zero-order valence-corrected chi connectivity index (χ0v) is 10.2. The first-order valence-corrected chi connectivity index (χ1v) is 5.17. The van der Waals surface area contributed by atoms with Gasteiger partial charge in [-0.2, -0.15) is 0 Å². The van der Waals surface area contributed by atoms with E-state index in [9.17, 15) is 4.57 Å². The number of hydrogen-bond acceptors (Lipinski definition) is 1. The van der Waals surface area contributed by atoms with Crippen molar-refractivity contribution < 1.29 is 37.3 Å². The third kappa shape index (κ3) is 12.4. The Bertz CT molecular complexity index is 99.1. The predicted molar refractivity (Wildman–Crippen MR) is 39.9 cm³/mol. The molecular formula is C5H9OP2Y-. The molecule has 0 aliphatic heterocycles. The number of rotatable bonds is 3. The van der Waals surface area contributed by atoms with Gasteiger partial charge < -0.3 is 0 Å². The predicted octanol–water partition coefficient (Wildman–Crippen LogP) is 2.65. The largest absolute Gasteiger partial charge is 0.270 e. The van der Waals surface area contributed by atoms with Gasteiger partial charge in [0.15, 0.2) is 8.15 Å². The van der Waals surface area contributed by atoms with E-state index in [4.69, 9.17) is 0 Å². The average molecular weight is 236 g/mol. The van der Waals surface area contributed by atoms with Gasteiger partial charge in [0.2, 0.25) is 0 Å². The molecule has 0 N–H and O–H groups in total. The first-order chi connectivity index (χ1) is 3.77. The van der Waals surface area contributed by atoms with Crippen LogP contribution >= 0.6 is 16.4 Å². The summed E-state index contributed by atoms with van der Waals surface area (Å²) in [6.45, 7) is 5.61. The minimum Gasteiger partial charge on any atom is -0.270 e. The first-order valence-electron chi connectivity index (χ1n) is 2.31. The summed E-state index contributed by atoms with van der Waals surface area (Å²) in [6.07, 6.45) is 2.89. The maximum absolute atomic E-state index is 9.85. The van der Waals surface area contributed by atoms with Gasteiger partial charge in [-0.1, -0.05) is 13.1 Å². The summed E-state index contributed by atoms with van der Waals surface area (Å²) in [5, 5.41) is 0. The molecule has 9 heavy (non-hydrogen) atoms. The van der Waals surface area contributed by atoms with E-state index in [1.807, 2.05) is 13.0 Å². The Morgan fingerprint density at radius 3 is 2.78 bits per heavy atom. The Morgan fingerprint density at radius 2 is 2.44 bits per heavy atom. The van der Waals surface area contributed by atoms with E-state index in [1.54, 1.807) is 0 Å². The minimum atomic E-state index is 0. The van der Waals surface area contributed by atoms with Crippen LogP contribution in [0.25, 0.3) is 0 Å². The van der Waals surface area contributed by atoms with Crippen LogP contribution in [-0.4, -0.2) is 6.16 Å². The van der Waals surface area contributed by atoms with Crippen LogP contribution in [0.1, 0.15) is 6.92 Å². The van der Waals surface area contributed by atoms with Crippen molar-refractivity contribution in [2.45, 2.75) is 6.92 Å². The van der Waals surface area contributed by atoms with E-state index < -0.39 is 0 Å². The summed E-state index contributed by atoms with van der Waals surface area (Å²) < 4.78 is 9.85. The van der Waals surface area contributed by atoms with E-state index in [-0.39, 0.29) is 40.9 Å². The molecule has 0 aliphatic rings. The molecule has 0 heterocycles. The van der Waals surface area contributed by atoms with Gasteiger partial charge in [0.25, 0.3) is 0 Å². The molecule has 0 aromatic carbocycles. The van der Waals surface area contributed by atoms with Crippen molar-refractivity contribution in [3.63, 3.8) is 0 Å². The van der Waals surface area contributed by atoms with Gasteiger partial charge in [-0.15, -0.1) is 0 Å².